The van der Waals surface area contributed by atoms with Crippen LogP contribution in [0.4, 0.5) is 10.5 Å². The summed E-state index contributed by atoms with van der Waals surface area (Å²) in [5.41, 5.74) is 0.120. The number of ether oxygens (including phenoxy) is 1. The highest BCUT2D eigenvalue weighted by atomic mass is 35.5. The van der Waals surface area contributed by atoms with Crippen molar-refractivity contribution in [3.8, 4) is 0 Å². The van der Waals surface area contributed by atoms with Crippen LogP contribution in [-0.4, -0.2) is 56.4 Å². The number of hydrogen-bond donors (Lipinski definition) is 3. The first-order chi connectivity index (χ1) is 10.7. The van der Waals surface area contributed by atoms with Crippen molar-refractivity contribution >= 4 is 33.3 Å². The summed E-state index contributed by atoms with van der Waals surface area (Å²) in [7, 11) is -3.91. The molecule has 23 heavy (non-hydrogen) atoms. The van der Waals surface area contributed by atoms with Crippen LogP contribution in [0.5, 0.6) is 0 Å². The molecule has 4 N–H and O–H groups in total. The van der Waals surface area contributed by atoms with Crippen molar-refractivity contribution in [3.63, 3.8) is 0 Å². The van der Waals surface area contributed by atoms with Gasteiger partial charge in [0.15, 0.2) is 0 Å². The minimum absolute atomic E-state index is 0.120. The lowest BCUT2D eigenvalue weighted by Gasteiger charge is -2.29. The molecule has 10 heteroatoms. The predicted molar refractivity (Wildman–Crippen MR) is 84.8 cm³/mol. The number of primary sulfonamides is 1. The molecule has 0 spiro atoms. The Kier molecular flexibility index (Phi) is 5.48. The van der Waals surface area contributed by atoms with Crippen LogP contribution >= 0.6 is 11.6 Å². The number of carbonyl (C=O) groups excluding carboxylic acids is 1. The zero-order valence-corrected chi connectivity index (χ0v) is 14.0. The third-order valence-electron chi connectivity index (χ3n) is 3.53. The van der Waals surface area contributed by atoms with E-state index in [4.69, 9.17) is 21.5 Å². The summed E-state index contributed by atoms with van der Waals surface area (Å²) in [5, 5.41) is 17.6. The molecule has 1 aliphatic rings. The molecule has 0 radical (unpaired) electrons. The fourth-order valence-corrected chi connectivity index (χ4v) is 3.03. The zero-order valence-electron chi connectivity index (χ0n) is 12.4. The van der Waals surface area contributed by atoms with Crippen LogP contribution in [0.2, 0.25) is 5.02 Å². The van der Waals surface area contributed by atoms with Gasteiger partial charge < -0.3 is 20.1 Å². The smallest absolute Gasteiger partial charge is 0.322 e. The van der Waals surface area contributed by atoms with Crippen LogP contribution in [0, 0.1) is 0 Å². The van der Waals surface area contributed by atoms with E-state index in [1.165, 1.54) is 23.1 Å². The van der Waals surface area contributed by atoms with E-state index in [9.17, 15) is 18.3 Å². The van der Waals surface area contributed by atoms with Gasteiger partial charge in [0.05, 0.1) is 41.0 Å². The van der Waals surface area contributed by atoms with E-state index in [1.54, 1.807) is 6.92 Å². The Balaban J connectivity index is 2.22. The van der Waals surface area contributed by atoms with Gasteiger partial charge >= 0.3 is 6.03 Å². The first kappa shape index (κ1) is 18.0. The number of sulfonamides is 1. The van der Waals surface area contributed by atoms with Gasteiger partial charge in [-0.05, 0) is 25.1 Å². The molecule has 0 aromatic heterocycles. The van der Waals surface area contributed by atoms with E-state index in [2.05, 4.69) is 5.32 Å². The lowest BCUT2D eigenvalue weighted by molar-refractivity contribution is 0.1000. The maximum Gasteiger partial charge on any atom is 0.322 e. The molecule has 0 saturated carbocycles. The van der Waals surface area contributed by atoms with Crippen molar-refractivity contribution in [1.82, 2.24) is 4.90 Å². The number of anilines is 1. The number of benzene rings is 1. The molecular formula is C13H18ClN3O5S. The van der Waals surface area contributed by atoms with Crippen molar-refractivity contribution in [2.24, 2.45) is 5.14 Å². The average Bonchev–Trinajstić information content (AvgIpc) is 2.87. The maximum atomic E-state index is 12.4. The van der Waals surface area contributed by atoms with Crippen LogP contribution in [0.25, 0.3) is 0 Å². The summed E-state index contributed by atoms with van der Waals surface area (Å²) >= 11 is 5.98. The van der Waals surface area contributed by atoms with Crippen molar-refractivity contribution in [2.45, 2.75) is 24.0 Å². The number of halogens is 1. The van der Waals surface area contributed by atoms with E-state index in [1.807, 2.05) is 0 Å². The van der Waals surface area contributed by atoms with Crippen molar-refractivity contribution < 1.29 is 23.1 Å². The Morgan fingerprint density at radius 1 is 1.52 bits per heavy atom. The van der Waals surface area contributed by atoms with Gasteiger partial charge in [0.1, 0.15) is 0 Å². The highest BCUT2D eigenvalue weighted by molar-refractivity contribution is 7.89. The summed E-state index contributed by atoms with van der Waals surface area (Å²) in [5.74, 6) is 0. The fourth-order valence-electron chi connectivity index (χ4n) is 2.32. The Hall–Kier alpha value is -1.39. The lowest BCUT2D eigenvalue weighted by atomic mass is 10.2. The van der Waals surface area contributed by atoms with Gasteiger partial charge in [0.25, 0.3) is 0 Å². The molecule has 1 aliphatic heterocycles. The highest BCUT2D eigenvalue weighted by Gasteiger charge is 2.34. The summed E-state index contributed by atoms with van der Waals surface area (Å²) in [6.45, 7) is 2.49. The predicted octanol–water partition coefficient (Wildman–Crippen LogP) is 0.601. The van der Waals surface area contributed by atoms with Gasteiger partial charge in [-0.15, -0.1) is 0 Å². The van der Waals surface area contributed by atoms with Gasteiger partial charge in [0.2, 0.25) is 10.0 Å². The first-order valence-electron chi connectivity index (χ1n) is 6.89. The minimum atomic E-state index is -3.91. The zero-order chi connectivity index (χ0) is 17.2. The Morgan fingerprint density at radius 3 is 2.74 bits per heavy atom. The number of hydrogen-bond acceptors (Lipinski definition) is 5. The van der Waals surface area contributed by atoms with E-state index in [0.29, 0.717) is 6.54 Å². The standard InChI is InChI=1S/C13H18ClN3O5S/c1-2-17(11-6-22-7-12(11)18)13(19)16-10-5-8(23(15,20)21)3-4-9(10)14/h3-5,11-12,18H,2,6-7H2,1H3,(H,16,19)(H2,15,20,21)/t11-,12-/m1/s1. The van der Waals surface area contributed by atoms with Crippen LogP contribution in [0.1, 0.15) is 6.92 Å². The van der Waals surface area contributed by atoms with Crippen LogP contribution in [-0.2, 0) is 14.8 Å². The third kappa shape index (κ3) is 4.12. The third-order valence-corrected chi connectivity index (χ3v) is 4.77. The van der Waals surface area contributed by atoms with E-state index < -0.39 is 28.2 Å². The largest absolute Gasteiger partial charge is 0.388 e. The van der Waals surface area contributed by atoms with Crippen molar-refractivity contribution in [1.29, 1.82) is 0 Å². The molecule has 8 nitrogen and oxygen atoms in total. The van der Waals surface area contributed by atoms with Gasteiger partial charge in [-0.2, -0.15) is 0 Å². The van der Waals surface area contributed by atoms with E-state index in [-0.39, 0.29) is 28.8 Å². The monoisotopic (exact) mass is 363 g/mol. The number of likely N-dealkylation sites (N-methyl/N-ethyl adjacent to an activating group) is 1. The topological polar surface area (TPSA) is 122 Å². The summed E-state index contributed by atoms with van der Waals surface area (Å²) in [4.78, 5) is 13.6. The van der Waals surface area contributed by atoms with Gasteiger partial charge in [-0.25, -0.2) is 18.4 Å². The quantitative estimate of drug-likeness (QED) is 0.723. The number of carbonyl (C=O) groups is 1. The molecular weight excluding hydrogens is 346 g/mol. The molecule has 1 saturated heterocycles. The molecule has 0 unspecified atom stereocenters. The Labute approximate surface area is 139 Å². The van der Waals surface area contributed by atoms with Gasteiger partial charge in [-0.3, -0.25) is 0 Å². The van der Waals surface area contributed by atoms with Gasteiger partial charge in [0, 0.05) is 6.54 Å². The van der Waals surface area contributed by atoms with E-state index >= 15 is 0 Å². The maximum absolute atomic E-state index is 12.4. The molecule has 1 heterocycles. The molecule has 1 aromatic rings. The SMILES string of the molecule is CCN(C(=O)Nc1cc(S(N)(=O)=O)ccc1Cl)[C@@H]1COC[C@H]1O. The molecule has 2 amide bonds. The summed E-state index contributed by atoms with van der Waals surface area (Å²) in [6.07, 6.45) is -0.771. The number of nitrogens with one attached hydrogen (secondary N) is 1. The molecule has 128 valence electrons. The summed E-state index contributed by atoms with van der Waals surface area (Å²) in [6, 6.07) is 2.78. The fraction of sp³-hybridized carbons (Fsp3) is 0.462. The minimum Gasteiger partial charge on any atom is -0.388 e. The van der Waals surface area contributed by atoms with Crippen molar-refractivity contribution in [2.75, 3.05) is 25.1 Å². The Morgan fingerprint density at radius 2 is 2.22 bits per heavy atom. The second-order valence-corrected chi connectivity index (χ2v) is 7.04. The molecule has 1 aromatic carbocycles. The molecule has 0 bridgehead atoms. The number of nitrogens with two attached hydrogens (primary N) is 1. The average molecular weight is 364 g/mol. The normalized spacial score (nSPS) is 21.2. The number of aliphatic hydroxyl groups is 1. The van der Waals surface area contributed by atoms with Crippen LogP contribution in [0.15, 0.2) is 23.1 Å². The Bertz CT molecular complexity index is 697. The first-order valence-corrected chi connectivity index (χ1v) is 8.82. The second-order valence-electron chi connectivity index (χ2n) is 5.07. The lowest BCUT2D eigenvalue weighted by Crippen LogP contribution is -2.48. The number of urea groups is 1. The summed E-state index contributed by atoms with van der Waals surface area (Å²) < 4.78 is 27.9. The number of nitrogens with zero attached hydrogens (tertiary/aromatic N) is 1. The van der Waals surface area contributed by atoms with E-state index in [0.717, 1.165) is 0 Å². The second kappa shape index (κ2) is 7.02. The number of aliphatic hydroxyl groups excluding tert-OH is 1. The highest BCUT2D eigenvalue weighted by Crippen LogP contribution is 2.25. The number of amides is 2. The van der Waals surface area contributed by atoms with Gasteiger partial charge in [-0.1, -0.05) is 11.6 Å². The number of rotatable bonds is 4. The molecule has 1 fully saturated rings. The van der Waals surface area contributed by atoms with Crippen LogP contribution in [0.3, 0.4) is 0 Å². The van der Waals surface area contributed by atoms with Crippen molar-refractivity contribution in [3.05, 3.63) is 23.2 Å². The van der Waals surface area contributed by atoms with Crippen LogP contribution < -0.4 is 10.5 Å². The molecule has 0 aliphatic carbocycles. The molecule has 2 rings (SSSR count). The molecule has 2 atom stereocenters.